The first-order valence-electron chi connectivity index (χ1n) is 3.50. The van der Waals surface area contributed by atoms with Gasteiger partial charge in [-0.1, -0.05) is 6.07 Å². The molecular weight excluding hydrogens is 168 g/mol. The number of carboxylic acids is 1. The molecule has 0 fully saturated rings. The van der Waals surface area contributed by atoms with Crippen LogP contribution in [0.4, 0.5) is 0 Å². The molecule has 0 saturated heterocycles. The smallest absolute Gasteiger partial charge is 0.328 e. The number of rotatable bonds is 2. The Balaban J connectivity index is 2.91. The molecule has 0 aliphatic carbocycles. The average molecular weight is 174 g/mol. The Labute approximate surface area is 74.8 Å². The first kappa shape index (κ1) is 8.94. The Bertz CT molecular complexity index is 391. The van der Waals surface area contributed by atoms with Crippen LogP contribution in [0.25, 0.3) is 6.08 Å². The van der Waals surface area contributed by atoms with E-state index in [1.54, 1.807) is 18.2 Å². The van der Waals surface area contributed by atoms with Gasteiger partial charge in [-0.05, 0) is 18.2 Å². The molecule has 0 atom stereocenters. The van der Waals surface area contributed by atoms with E-state index >= 15 is 0 Å². The van der Waals surface area contributed by atoms with Gasteiger partial charge in [0.05, 0.1) is 5.69 Å². The monoisotopic (exact) mass is 174 g/mol. The van der Waals surface area contributed by atoms with Crippen LogP contribution in [0.15, 0.2) is 24.3 Å². The summed E-state index contributed by atoms with van der Waals surface area (Å²) in [5, 5.41) is 16.8. The highest BCUT2D eigenvalue weighted by molar-refractivity contribution is 5.84. The number of hydrogen-bond donors (Lipinski definition) is 1. The maximum Gasteiger partial charge on any atom is 0.328 e. The minimum atomic E-state index is -1.04. The van der Waals surface area contributed by atoms with Crippen molar-refractivity contribution in [2.45, 2.75) is 0 Å². The number of aliphatic carboxylic acids is 1. The lowest BCUT2D eigenvalue weighted by Crippen LogP contribution is -1.88. The predicted octanol–water partition coefficient (Wildman–Crippen LogP) is 1.05. The van der Waals surface area contributed by atoms with E-state index in [0.717, 1.165) is 6.08 Å². The van der Waals surface area contributed by atoms with Crippen LogP contribution in [-0.4, -0.2) is 16.1 Å². The van der Waals surface area contributed by atoms with Crippen LogP contribution < -0.4 is 0 Å². The van der Waals surface area contributed by atoms with Gasteiger partial charge < -0.3 is 5.11 Å². The van der Waals surface area contributed by atoms with Crippen LogP contribution in [0.3, 0.4) is 0 Å². The van der Waals surface area contributed by atoms with Gasteiger partial charge in [-0.15, -0.1) is 0 Å². The largest absolute Gasteiger partial charge is 0.478 e. The van der Waals surface area contributed by atoms with Crippen LogP contribution in [-0.2, 0) is 4.79 Å². The van der Waals surface area contributed by atoms with Gasteiger partial charge in [0, 0.05) is 6.08 Å². The number of nitrogens with zero attached hydrogens (tertiary/aromatic N) is 2. The summed E-state index contributed by atoms with van der Waals surface area (Å²) in [7, 11) is 0. The molecular formula is C9H6N2O2. The van der Waals surface area contributed by atoms with Crippen molar-refractivity contribution in [3.8, 4) is 6.07 Å². The topological polar surface area (TPSA) is 74.0 Å². The fourth-order valence-corrected chi connectivity index (χ4v) is 0.763. The number of hydrogen-bond acceptors (Lipinski definition) is 3. The molecule has 64 valence electrons. The third-order valence-corrected chi connectivity index (χ3v) is 1.28. The summed E-state index contributed by atoms with van der Waals surface area (Å²) in [5.74, 6) is -1.04. The molecule has 1 aromatic rings. The third kappa shape index (κ3) is 2.75. The Kier molecular flexibility index (Phi) is 2.77. The molecule has 1 N–H and O–H groups in total. The quantitative estimate of drug-likeness (QED) is 0.680. The zero-order chi connectivity index (χ0) is 9.68. The van der Waals surface area contributed by atoms with Crippen molar-refractivity contribution in [3.05, 3.63) is 35.7 Å². The molecule has 13 heavy (non-hydrogen) atoms. The summed E-state index contributed by atoms with van der Waals surface area (Å²) in [6.45, 7) is 0. The van der Waals surface area contributed by atoms with Crippen molar-refractivity contribution >= 4 is 12.0 Å². The molecule has 0 saturated carbocycles. The van der Waals surface area contributed by atoms with Gasteiger partial charge in [-0.3, -0.25) is 0 Å². The maximum absolute atomic E-state index is 10.1. The Hall–Kier alpha value is -2.15. The van der Waals surface area contributed by atoms with E-state index in [2.05, 4.69) is 4.98 Å². The molecule has 0 amide bonds. The SMILES string of the molecule is N#Cc1cccc(C=CC(=O)O)n1. The second-order valence-electron chi connectivity index (χ2n) is 2.23. The standard InChI is InChI=1S/C9H6N2O2/c10-6-8-3-1-2-7(11-8)4-5-9(12)13/h1-5H,(H,12,13). The zero-order valence-corrected chi connectivity index (χ0v) is 6.64. The molecule has 0 aliphatic heterocycles. The highest BCUT2D eigenvalue weighted by Gasteiger charge is 1.93. The van der Waals surface area contributed by atoms with Crippen molar-refractivity contribution in [2.75, 3.05) is 0 Å². The van der Waals surface area contributed by atoms with Crippen molar-refractivity contribution in [1.82, 2.24) is 4.98 Å². The molecule has 0 spiro atoms. The Morgan fingerprint density at radius 1 is 1.62 bits per heavy atom. The van der Waals surface area contributed by atoms with E-state index in [9.17, 15) is 4.79 Å². The number of carbonyl (C=O) groups is 1. The Morgan fingerprint density at radius 3 is 3.00 bits per heavy atom. The minimum absolute atomic E-state index is 0.271. The van der Waals surface area contributed by atoms with Crippen LogP contribution in [0.5, 0.6) is 0 Å². The van der Waals surface area contributed by atoms with Gasteiger partial charge in [0.2, 0.25) is 0 Å². The molecule has 4 heteroatoms. The second-order valence-corrected chi connectivity index (χ2v) is 2.23. The number of pyridine rings is 1. The summed E-state index contributed by atoms with van der Waals surface area (Å²) in [4.78, 5) is 14.0. The molecule has 0 unspecified atom stereocenters. The van der Waals surface area contributed by atoms with Gasteiger partial charge >= 0.3 is 5.97 Å². The first-order valence-corrected chi connectivity index (χ1v) is 3.50. The molecule has 0 bridgehead atoms. The van der Waals surface area contributed by atoms with E-state index in [0.29, 0.717) is 5.69 Å². The van der Waals surface area contributed by atoms with E-state index in [4.69, 9.17) is 10.4 Å². The highest BCUT2D eigenvalue weighted by atomic mass is 16.4. The zero-order valence-electron chi connectivity index (χ0n) is 6.64. The fraction of sp³-hybridized carbons (Fsp3) is 0. The van der Waals surface area contributed by atoms with Gasteiger partial charge in [0.1, 0.15) is 11.8 Å². The predicted molar refractivity (Wildman–Crippen MR) is 45.6 cm³/mol. The first-order chi connectivity index (χ1) is 6.22. The minimum Gasteiger partial charge on any atom is -0.478 e. The molecule has 1 rings (SSSR count). The van der Waals surface area contributed by atoms with E-state index in [1.165, 1.54) is 6.08 Å². The lowest BCUT2D eigenvalue weighted by molar-refractivity contribution is -0.131. The number of nitriles is 1. The highest BCUT2D eigenvalue weighted by Crippen LogP contribution is 2.00. The number of aromatic nitrogens is 1. The summed E-state index contributed by atoms with van der Waals surface area (Å²) in [6, 6.07) is 6.69. The van der Waals surface area contributed by atoms with Gasteiger partial charge in [0.15, 0.2) is 0 Å². The van der Waals surface area contributed by atoms with Crippen molar-refractivity contribution in [2.24, 2.45) is 0 Å². The normalized spacial score (nSPS) is 9.77. The maximum atomic E-state index is 10.1. The van der Waals surface area contributed by atoms with E-state index < -0.39 is 5.97 Å². The second kappa shape index (κ2) is 4.02. The molecule has 1 heterocycles. The van der Waals surface area contributed by atoms with Crippen LogP contribution in [0.2, 0.25) is 0 Å². The molecule has 4 nitrogen and oxygen atoms in total. The Morgan fingerprint density at radius 2 is 2.38 bits per heavy atom. The molecule has 0 radical (unpaired) electrons. The van der Waals surface area contributed by atoms with Crippen molar-refractivity contribution in [3.63, 3.8) is 0 Å². The lowest BCUT2D eigenvalue weighted by atomic mass is 10.3. The van der Waals surface area contributed by atoms with Gasteiger partial charge in [-0.2, -0.15) is 5.26 Å². The van der Waals surface area contributed by atoms with Crippen molar-refractivity contribution < 1.29 is 9.90 Å². The van der Waals surface area contributed by atoms with Crippen LogP contribution in [0.1, 0.15) is 11.4 Å². The third-order valence-electron chi connectivity index (χ3n) is 1.28. The molecule has 0 aromatic carbocycles. The summed E-state index contributed by atoms with van der Waals surface area (Å²) in [5.41, 5.74) is 0.731. The van der Waals surface area contributed by atoms with Crippen molar-refractivity contribution in [1.29, 1.82) is 5.26 Å². The molecule has 1 aromatic heterocycles. The summed E-state index contributed by atoms with van der Waals surface area (Å²) >= 11 is 0. The van der Waals surface area contributed by atoms with Gasteiger partial charge in [-0.25, -0.2) is 9.78 Å². The summed E-state index contributed by atoms with van der Waals surface area (Å²) < 4.78 is 0. The average Bonchev–Trinajstić information content (AvgIpc) is 2.15. The van der Waals surface area contributed by atoms with E-state index in [-0.39, 0.29) is 5.69 Å². The summed E-state index contributed by atoms with van der Waals surface area (Å²) in [6.07, 6.45) is 2.31. The van der Waals surface area contributed by atoms with Crippen LogP contribution >= 0.6 is 0 Å². The van der Waals surface area contributed by atoms with E-state index in [1.807, 2.05) is 6.07 Å². The lowest BCUT2D eigenvalue weighted by Gasteiger charge is -1.91. The van der Waals surface area contributed by atoms with Gasteiger partial charge in [0.25, 0.3) is 0 Å². The number of carboxylic acid groups (broad SMARTS) is 1. The van der Waals surface area contributed by atoms with Crippen LogP contribution in [0, 0.1) is 11.3 Å². The fourth-order valence-electron chi connectivity index (χ4n) is 0.763. The molecule has 0 aliphatic rings.